The van der Waals surface area contributed by atoms with Gasteiger partial charge in [0.1, 0.15) is 0 Å². The Bertz CT molecular complexity index is 1280. The minimum atomic E-state index is -3.86. The highest BCUT2D eigenvalue weighted by molar-refractivity contribution is 7.89. The van der Waals surface area contributed by atoms with Crippen LogP contribution in [0.5, 0.6) is 11.5 Å². The highest BCUT2D eigenvalue weighted by atomic mass is 32.2. The molecule has 1 aliphatic heterocycles. The molecule has 0 radical (unpaired) electrons. The van der Waals surface area contributed by atoms with E-state index in [1.54, 1.807) is 26.4 Å². The highest BCUT2D eigenvalue weighted by Gasteiger charge is 2.35. The molecule has 0 bridgehead atoms. The number of benzene rings is 2. The maximum Gasteiger partial charge on any atom is 0.243 e. The number of hydrogen-bond acceptors (Lipinski definition) is 8. The predicted molar refractivity (Wildman–Crippen MR) is 144 cm³/mol. The Morgan fingerprint density at radius 1 is 0.816 bits per heavy atom. The minimum absolute atomic E-state index is 0.0334. The molecule has 38 heavy (non-hydrogen) atoms. The van der Waals surface area contributed by atoms with Crippen LogP contribution >= 0.6 is 0 Å². The van der Waals surface area contributed by atoms with E-state index in [0.717, 1.165) is 30.4 Å². The molecule has 1 fully saturated rings. The van der Waals surface area contributed by atoms with Gasteiger partial charge in [0.25, 0.3) is 0 Å². The van der Waals surface area contributed by atoms with Crippen molar-refractivity contribution in [3.63, 3.8) is 0 Å². The molecule has 1 N–H and O–H groups in total. The van der Waals surface area contributed by atoms with Crippen molar-refractivity contribution >= 4 is 20.0 Å². The van der Waals surface area contributed by atoms with Crippen LogP contribution in [-0.2, 0) is 42.4 Å². The summed E-state index contributed by atoms with van der Waals surface area (Å²) in [5, 5.41) is 0. The number of hydrogen-bond donors (Lipinski definition) is 1. The van der Waals surface area contributed by atoms with Gasteiger partial charge >= 0.3 is 0 Å². The van der Waals surface area contributed by atoms with Gasteiger partial charge in [0.15, 0.2) is 11.5 Å². The lowest BCUT2D eigenvalue weighted by Crippen LogP contribution is -2.38. The highest BCUT2D eigenvalue weighted by Crippen LogP contribution is 2.32. The van der Waals surface area contributed by atoms with Crippen LogP contribution in [0.3, 0.4) is 0 Å². The first-order valence-electron chi connectivity index (χ1n) is 12.5. The zero-order valence-electron chi connectivity index (χ0n) is 22.4. The van der Waals surface area contributed by atoms with E-state index in [-0.39, 0.29) is 22.9 Å². The molecule has 1 atom stereocenters. The number of nitrogens with one attached hydrogen (secondary N) is 1. The lowest BCUT2D eigenvalue weighted by molar-refractivity contribution is 0.194. The van der Waals surface area contributed by atoms with Crippen LogP contribution in [0.25, 0.3) is 0 Å². The Morgan fingerprint density at radius 2 is 1.45 bits per heavy atom. The quantitative estimate of drug-likeness (QED) is 0.325. The molecule has 0 spiro atoms. The molecule has 212 valence electrons. The van der Waals surface area contributed by atoms with E-state index in [0.29, 0.717) is 37.6 Å². The van der Waals surface area contributed by atoms with Crippen LogP contribution in [0.4, 0.5) is 0 Å². The van der Waals surface area contributed by atoms with E-state index in [1.165, 1.54) is 36.7 Å². The molecule has 3 rings (SSSR count). The molecule has 2 aromatic rings. The standard InChI is InChI=1S/C26H38N2O8S2/c1-33-15-5-7-20-9-10-23(17-21(20)8-6-16-34-2)37(29,30)27-22-13-14-28(19-22)38(31,32)24-11-12-25(35-3)26(18-24)36-4/h9-12,17-18,22,27H,5-8,13-16,19H2,1-4H3. The molecule has 0 saturated carbocycles. The molecule has 1 heterocycles. The van der Waals surface area contributed by atoms with E-state index >= 15 is 0 Å². The van der Waals surface area contributed by atoms with Gasteiger partial charge in [-0.1, -0.05) is 6.07 Å². The third-order valence-electron chi connectivity index (χ3n) is 6.54. The van der Waals surface area contributed by atoms with Crippen molar-refractivity contribution in [2.75, 3.05) is 54.7 Å². The summed E-state index contributed by atoms with van der Waals surface area (Å²) in [6, 6.07) is 9.02. The summed E-state index contributed by atoms with van der Waals surface area (Å²) in [7, 11) is -1.50. The zero-order chi connectivity index (χ0) is 27.8. The smallest absolute Gasteiger partial charge is 0.243 e. The minimum Gasteiger partial charge on any atom is -0.493 e. The maximum absolute atomic E-state index is 13.3. The van der Waals surface area contributed by atoms with Gasteiger partial charge in [0.2, 0.25) is 20.0 Å². The average molecular weight is 571 g/mol. The van der Waals surface area contributed by atoms with Crippen LogP contribution in [0.2, 0.25) is 0 Å². The van der Waals surface area contributed by atoms with Gasteiger partial charge < -0.3 is 18.9 Å². The summed E-state index contributed by atoms with van der Waals surface area (Å²) in [5.41, 5.74) is 2.05. The van der Waals surface area contributed by atoms with E-state index < -0.39 is 26.1 Å². The summed E-state index contributed by atoms with van der Waals surface area (Å²) in [5.74, 6) is 0.724. The Labute approximate surface area is 226 Å². The van der Waals surface area contributed by atoms with Gasteiger partial charge in [-0.25, -0.2) is 21.6 Å². The molecule has 0 amide bonds. The second kappa shape index (κ2) is 13.7. The fourth-order valence-corrected chi connectivity index (χ4v) is 7.34. The van der Waals surface area contributed by atoms with Crippen molar-refractivity contribution < 1.29 is 35.8 Å². The summed E-state index contributed by atoms with van der Waals surface area (Å²) >= 11 is 0. The first-order chi connectivity index (χ1) is 18.2. The molecule has 12 heteroatoms. The lowest BCUT2D eigenvalue weighted by Gasteiger charge is -2.19. The van der Waals surface area contributed by atoms with E-state index in [9.17, 15) is 16.8 Å². The third-order valence-corrected chi connectivity index (χ3v) is 9.92. The molecule has 1 aliphatic rings. The molecule has 0 aliphatic carbocycles. The monoisotopic (exact) mass is 570 g/mol. The fourth-order valence-electron chi connectivity index (χ4n) is 4.52. The first kappa shape index (κ1) is 30.3. The van der Waals surface area contributed by atoms with Gasteiger partial charge in [-0.3, -0.25) is 0 Å². The largest absolute Gasteiger partial charge is 0.493 e. The first-order valence-corrected chi connectivity index (χ1v) is 15.4. The van der Waals surface area contributed by atoms with Crippen LogP contribution in [0, 0.1) is 0 Å². The number of sulfonamides is 2. The summed E-state index contributed by atoms with van der Waals surface area (Å²) in [4.78, 5) is 0.227. The summed E-state index contributed by atoms with van der Waals surface area (Å²) in [6.45, 7) is 1.44. The SMILES string of the molecule is COCCCc1ccc(S(=O)(=O)NC2CCN(S(=O)(=O)c3ccc(OC)c(OC)c3)C2)cc1CCCOC. The van der Waals surface area contributed by atoms with Crippen LogP contribution in [0.15, 0.2) is 46.2 Å². The Balaban J connectivity index is 1.74. The Morgan fingerprint density at radius 3 is 2.08 bits per heavy atom. The van der Waals surface area contributed by atoms with Gasteiger partial charge in [-0.2, -0.15) is 4.31 Å². The summed E-state index contributed by atoms with van der Waals surface area (Å²) < 4.78 is 77.7. The van der Waals surface area contributed by atoms with Crippen molar-refractivity contribution in [3.05, 3.63) is 47.5 Å². The molecule has 1 saturated heterocycles. The van der Waals surface area contributed by atoms with Crippen LogP contribution in [0.1, 0.15) is 30.4 Å². The second-order valence-electron chi connectivity index (χ2n) is 9.11. The van der Waals surface area contributed by atoms with Gasteiger partial charge in [0.05, 0.1) is 24.0 Å². The van der Waals surface area contributed by atoms with Gasteiger partial charge in [-0.05, 0) is 67.5 Å². The van der Waals surface area contributed by atoms with Crippen LogP contribution in [-0.4, -0.2) is 81.9 Å². The van der Waals surface area contributed by atoms with E-state index in [1.807, 2.05) is 6.07 Å². The Hall–Kier alpha value is -2.22. The number of methoxy groups -OCH3 is 4. The normalized spacial score (nSPS) is 16.6. The van der Waals surface area contributed by atoms with Crippen molar-refractivity contribution in [1.29, 1.82) is 0 Å². The molecule has 1 unspecified atom stereocenters. The Kier molecular flexibility index (Phi) is 10.9. The maximum atomic E-state index is 13.3. The number of aryl methyl sites for hydroxylation is 2. The average Bonchev–Trinajstić information content (AvgIpc) is 3.37. The van der Waals surface area contributed by atoms with Gasteiger partial charge in [0, 0.05) is 52.6 Å². The molecular weight excluding hydrogens is 532 g/mol. The third kappa shape index (κ3) is 7.45. The second-order valence-corrected chi connectivity index (χ2v) is 12.8. The molecule has 10 nitrogen and oxygen atoms in total. The lowest BCUT2D eigenvalue weighted by atomic mass is 9.99. The van der Waals surface area contributed by atoms with Gasteiger partial charge in [-0.15, -0.1) is 0 Å². The van der Waals surface area contributed by atoms with Crippen molar-refractivity contribution in [3.8, 4) is 11.5 Å². The molecular formula is C26H38N2O8S2. The van der Waals surface area contributed by atoms with E-state index in [2.05, 4.69) is 4.72 Å². The van der Waals surface area contributed by atoms with Crippen molar-refractivity contribution in [2.24, 2.45) is 0 Å². The fraction of sp³-hybridized carbons (Fsp3) is 0.538. The predicted octanol–water partition coefficient (Wildman–Crippen LogP) is 2.60. The molecule has 2 aromatic carbocycles. The van der Waals surface area contributed by atoms with Crippen molar-refractivity contribution in [2.45, 2.75) is 47.9 Å². The topological polar surface area (TPSA) is 120 Å². The van der Waals surface area contributed by atoms with E-state index in [4.69, 9.17) is 18.9 Å². The zero-order valence-corrected chi connectivity index (χ0v) is 24.1. The van der Waals surface area contributed by atoms with Crippen LogP contribution < -0.4 is 14.2 Å². The number of rotatable bonds is 15. The number of ether oxygens (including phenoxy) is 4. The number of nitrogens with zero attached hydrogens (tertiary/aromatic N) is 1. The summed E-state index contributed by atoms with van der Waals surface area (Å²) in [6.07, 6.45) is 3.46. The molecule has 0 aromatic heterocycles. The van der Waals surface area contributed by atoms with Crippen molar-refractivity contribution in [1.82, 2.24) is 9.03 Å².